The van der Waals surface area contributed by atoms with Crippen LogP contribution in [0, 0.1) is 11.8 Å². The molecule has 2 atom stereocenters. The number of rotatable bonds is 5. The molecule has 106 valence electrons. The molecule has 0 saturated carbocycles. The molecule has 0 aromatic heterocycles. The molecule has 2 amide bonds. The number of carbonyl (C=O) groups is 3. The number of carbonyl (C=O) groups excluding carboxylic acids is 2. The number of hydrogen-bond donors (Lipinski definition) is 2. The molecule has 0 heterocycles. The highest BCUT2D eigenvalue weighted by atomic mass is 16.4. The molecule has 6 heteroatoms. The fraction of sp³-hybridized carbons (Fsp3) is 0.615. The van der Waals surface area contributed by atoms with Crippen molar-refractivity contribution >= 4 is 17.8 Å². The van der Waals surface area contributed by atoms with Crippen molar-refractivity contribution in [2.45, 2.75) is 32.7 Å². The van der Waals surface area contributed by atoms with Gasteiger partial charge in [-0.15, -0.1) is 0 Å². The number of primary amides is 1. The van der Waals surface area contributed by atoms with Crippen LogP contribution in [0.3, 0.4) is 0 Å². The molecule has 0 saturated heterocycles. The van der Waals surface area contributed by atoms with Gasteiger partial charge in [0, 0.05) is 6.04 Å². The van der Waals surface area contributed by atoms with Crippen LogP contribution in [0.25, 0.3) is 0 Å². The minimum atomic E-state index is -0.981. The predicted octanol–water partition coefficient (Wildman–Crippen LogP) is 0.376. The number of allylic oxidation sites excluding steroid dienone is 2. The van der Waals surface area contributed by atoms with Crippen LogP contribution < -0.4 is 5.73 Å². The zero-order valence-electron chi connectivity index (χ0n) is 11.2. The number of amides is 2. The van der Waals surface area contributed by atoms with E-state index in [1.54, 1.807) is 19.9 Å². The summed E-state index contributed by atoms with van der Waals surface area (Å²) in [7, 11) is 0. The summed E-state index contributed by atoms with van der Waals surface area (Å²) in [6.45, 7) is 3.37. The number of nitrogens with zero attached hydrogens (tertiary/aromatic N) is 1. The summed E-state index contributed by atoms with van der Waals surface area (Å²) in [4.78, 5) is 36.0. The smallest absolute Gasteiger partial charge is 0.307 e. The molecule has 0 unspecified atom stereocenters. The largest absolute Gasteiger partial charge is 0.481 e. The maximum Gasteiger partial charge on any atom is 0.307 e. The Morgan fingerprint density at radius 1 is 1.26 bits per heavy atom. The highest BCUT2D eigenvalue weighted by Gasteiger charge is 2.37. The van der Waals surface area contributed by atoms with Crippen molar-refractivity contribution in [3.05, 3.63) is 12.2 Å². The normalized spacial score (nSPS) is 22.3. The number of hydrogen-bond acceptors (Lipinski definition) is 3. The van der Waals surface area contributed by atoms with Gasteiger partial charge in [0.15, 0.2) is 0 Å². The molecule has 19 heavy (non-hydrogen) atoms. The van der Waals surface area contributed by atoms with E-state index in [4.69, 9.17) is 10.8 Å². The van der Waals surface area contributed by atoms with Crippen molar-refractivity contribution in [1.29, 1.82) is 0 Å². The van der Waals surface area contributed by atoms with Gasteiger partial charge in [-0.25, -0.2) is 0 Å². The summed E-state index contributed by atoms with van der Waals surface area (Å²) >= 11 is 0. The molecule has 1 rings (SSSR count). The van der Waals surface area contributed by atoms with Crippen molar-refractivity contribution in [3.8, 4) is 0 Å². The molecule has 0 radical (unpaired) electrons. The molecule has 0 aromatic carbocycles. The molecular weight excluding hydrogens is 248 g/mol. The molecule has 0 aromatic rings. The third-order valence-corrected chi connectivity index (χ3v) is 3.30. The molecule has 0 aliphatic heterocycles. The first kappa shape index (κ1) is 15.2. The van der Waals surface area contributed by atoms with Crippen molar-refractivity contribution in [2.75, 3.05) is 6.54 Å². The van der Waals surface area contributed by atoms with Crippen molar-refractivity contribution in [2.24, 2.45) is 17.6 Å². The number of carboxylic acids is 1. The van der Waals surface area contributed by atoms with E-state index in [1.165, 1.54) is 4.90 Å². The van der Waals surface area contributed by atoms with Gasteiger partial charge in [0.2, 0.25) is 11.8 Å². The van der Waals surface area contributed by atoms with Crippen LogP contribution in [0.1, 0.15) is 26.7 Å². The zero-order valence-corrected chi connectivity index (χ0v) is 11.2. The Kier molecular flexibility index (Phi) is 5.09. The van der Waals surface area contributed by atoms with E-state index in [0.717, 1.165) is 0 Å². The maximum atomic E-state index is 12.4. The van der Waals surface area contributed by atoms with Crippen molar-refractivity contribution in [1.82, 2.24) is 4.90 Å². The van der Waals surface area contributed by atoms with Gasteiger partial charge in [0.05, 0.1) is 18.4 Å². The lowest BCUT2D eigenvalue weighted by Gasteiger charge is -2.32. The number of nitrogens with two attached hydrogens (primary N) is 1. The Hall–Kier alpha value is -1.85. The van der Waals surface area contributed by atoms with Gasteiger partial charge in [0.25, 0.3) is 0 Å². The Balaban J connectivity index is 2.91. The van der Waals surface area contributed by atoms with Gasteiger partial charge in [-0.1, -0.05) is 12.2 Å². The molecule has 0 bridgehead atoms. The lowest BCUT2D eigenvalue weighted by atomic mass is 9.82. The van der Waals surface area contributed by atoms with Gasteiger partial charge in [-0.3, -0.25) is 14.4 Å². The third-order valence-electron chi connectivity index (χ3n) is 3.30. The van der Waals surface area contributed by atoms with Crippen LogP contribution in [-0.2, 0) is 14.4 Å². The summed E-state index contributed by atoms with van der Waals surface area (Å²) in [6.07, 6.45) is 4.31. The quantitative estimate of drug-likeness (QED) is 0.704. The second kappa shape index (κ2) is 6.36. The molecule has 1 aliphatic rings. The van der Waals surface area contributed by atoms with Crippen LogP contribution in [0.2, 0.25) is 0 Å². The van der Waals surface area contributed by atoms with Crippen molar-refractivity contribution in [3.63, 3.8) is 0 Å². The topological polar surface area (TPSA) is 101 Å². The van der Waals surface area contributed by atoms with Crippen LogP contribution in [-0.4, -0.2) is 40.4 Å². The van der Waals surface area contributed by atoms with Crippen LogP contribution in [0.15, 0.2) is 12.2 Å². The molecule has 0 spiro atoms. The summed E-state index contributed by atoms with van der Waals surface area (Å²) in [5.74, 6) is -3.24. The Bertz CT molecular complexity index is 403. The Morgan fingerprint density at radius 2 is 1.79 bits per heavy atom. The first-order valence-electron chi connectivity index (χ1n) is 6.31. The summed E-state index contributed by atoms with van der Waals surface area (Å²) < 4.78 is 0. The second-order valence-corrected chi connectivity index (χ2v) is 5.02. The standard InChI is InChI=1S/C13H20N2O4/c1-8(2)15(7-11(14)16)12(17)9-5-3-4-6-10(9)13(18)19/h3-4,8-10H,5-7H2,1-2H3,(H2,14,16)(H,18,19)/t9-,10+/m1/s1. The average molecular weight is 268 g/mol. The van der Waals surface area contributed by atoms with Gasteiger partial charge in [-0.05, 0) is 26.7 Å². The summed E-state index contributed by atoms with van der Waals surface area (Å²) in [6, 6.07) is -0.194. The van der Waals surface area contributed by atoms with E-state index in [0.29, 0.717) is 12.8 Å². The fourth-order valence-corrected chi connectivity index (χ4v) is 2.26. The monoisotopic (exact) mass is 268 g/mol. The van der Waals surface area contributed by atoms with E-state index in [1.807, 2.05) is 6.08 Å². The summed E-state index contributed by atoms with van der Waals surface area (Å²) in [5, 5.41) is 9.16. The first-order valence-corrected chi connectivity index (χ1v) is 6.31. The highest BCUT2D eigenvalue weighted by Crippen LogP contribution is 2.28. The molecule has 1 aliphatic carbocycles. The lowest BCUT2D eigenvalue weighted by molar-refractivity contribution is -0.152. The minimum absolute atomic E-state index is 0.178. The lowest BCUT2D eigenvalue weighted by Crippen LogP contribution is -2.48. The maximum absolute atomic E-state index is 12.4. The van der Waals surface area contributed by atoms with Crippen LogP contribution in [0.4, 0.5) is 0 Å². The molecule has 0 fully saturated rings. The molecule has 6 nitrogen and oxygen atoms in total. The van der Waals surface area contributed by atoms with E-state index < -0.39 is 23.7 Å². The van der Waals surface area contributed by atoms with Gasteiger partial charge < -0.3 is 15.7 Å². The molecule has 3 N–H and O–H groups in total. The van der Waals surface area contributed by atoms with Gasteiger partial charge in [-0.2, -0.15) is 0 Å². The van der Waals surface area contributed by atoms with Gasteiger partial charge >= 0.3 is 5.97 Å². The molecular formula is C13H20N2O4. The Labute approximate surface area is 112 Å². The number of carboxylic acid groups (broad SMARTS) is 1. The van der Waals surface area contributed by atoms with Gasteiger partial charge in [0.1, 0.15) is 0 Å². The number of aliphatic carboxylic acids is 1. The van der Waals surface area contributed by atoms with E-state index >= 15 is 0 Å². The Morgan fingerprint density at radius 3 is 2.21 bits per heavy atom. The zero-order chi connectivity index (χ0) is 14.6. The average Bonchev–Trinajstić information content (AvgIpc) is 2.34. The predicted molar refractivity (Wildman–Crippen MR) is 69.0 cm³/mol. The van der Waals surface area contributed by atoms with E-state index in [2.05, 4.69) is 0 Å². The summed E-state index contributed by atoms with van der Waals surface area (Å²) in [5.41, 5.74) is 5.13. The van der Waals surface area contributed by atoms with Crippen LogP contribution >= 0.6 is 0 Å². The first-order chi connectivity index (χ1) is 8.84. The minimum Gasteiger partial charge on any atom is -0.481 e. The second-order valence-electron chi connectivity index (χ2n) is 5.02. The fourth-order valence-electron chi connectivity index (χ4n) is 2.26. The van der Waals surface area contributed by atoms with E-state index in [9.17, 15) is 14.4 Å². The SMILES string of the molecule is CC(C)N(CC(N)=O)C(=O)[C@@H]1CC=CC[C@@H]1C(=O)O. The van der Waals surface area contributed by atoms with Crippen LogP contribution in [0.5, 0.6) is 0 Å². The highest BCUT2D eigenvalue weighted by molar-refractivity contribution is 5.88. The van der Waals surface area contributed by atoms with Crippen molar-refractivity contribution < 1.29 is 19.5 Å². The third kappa shape index (κ3) is 3.81. The van der Waals surface area contributed by atoms with E-state index in [-0.39, 0.29) is 18.5 Å².